The van der Waals surface area contributed by atoms with Gasteiger partial charge in [0, 0.05) is 6.08 Å². The minimum Gasteiger partial charge on any atom is -0.462 e. The molecule has 2 aromatic rings. The molecule has 4 atom stereocenters. The highest BCUT2D eigenvalue weighted by Crippen LogP contribution is 2.31. The first-order valence-corrected chi connectivity index (χ1v) is 14.9. The number of carbonyl (C=O) groups is 4. The van der Waals surface area contributed by atoms with Gasteiger partial charge in [0.2, 0.25) is 0 Å². The van der Waals surface area contributed by atoms with Gasteiger partial charge in [0.25, 0.3) is 0 Å². The predicted octanol–water partition coefficient (Wildman–Crippen LogP) is 3.07. The first-order valence-electron chi connectivity index (χ1n) is 14.9. The molecule has 2 heterocycles. The lowest BCUT2D eigenvalue weighted by molar-refractivity contribution is -0.330. The Morgan fingerprint density at radius 1 is 0.872 bits per heavy atom. The molecule has 250 valence electrons. The fourth-order valence-electron chi connectivity index (χ4n) is 4.55. The molecule has 0 radical (unpaired) electrons. The zero-order valence-corrected chi connectivity index (χ0v) is 26.0. The Balaban J connectivity index is 1.18. The maximum absolute atomic E-state index is 12.7. The smallest absolute Gasteiger partial charge is 0.338 e. The second kappa shape index (κ2) is 17.8. The van der Waals surface area contributed by atoms with Gasteiger partial charge in [-0.1, -0.05) is 18.7 Å². The summed E-state index contributed by atoms with van der Waals surface area (Å²) in [6.07, 6.45) is 2.02. The Morgan fingerprint density at radius 3 is 2.21 bits per heavy atom. The molecule has 14 nitrogen and oxygen atoms in total. The summed E-state index contributed by atoms with van der Waals surface area (Å²) >= 11 is 0. The van der Waals surface area contributed by atoms with E-state index in [0.717, 1.165) is 17.2 Å². The van der Waals surface area contributed by atoms with E-state index in [0.29, 0.717) is 30.1 Å². The maximum atomic E-state index is 12.7. The van der Waals surface area contributed by atoms with Crippen LogP contribution in [-0.4, -0.2) is 93.8 Å². The van der Waals surface area contributed by atoms with Gasteiger partial charge >= 0.3 is 23.9 Å². The van der Waals surface area contributed by atoms with Crippen LogP contribution < -0.4 is 4.74 Å². The van der Waals surface area contributed by atoms with Gasteiger partial charge in [-0.2, -0.15) is 10.2 Å². The standard InChI is InChI=1S/C33H36N2O12/c1-4-28(36)40-14-15-41-29(37)12-13-30(38)45-25-11-8-23(16-21(25)3)18-35-34-17-22-6-9-24(10-7-22)33(39)46-26-19-42-32-27(47-44-5-2)20-43-31(26)32/h4,6-11,16-18,26-27,31-32H,1,5,12-15,19-20H2,2-3H3/t26?,27-,31-,32-/m1/s1. The van der Waals surface area contributed by atoms with Gasteiger partial charge in [-0.05, 0) is 60.9 Å². The molecule has 0 amide bonds. The first kappa shape index (κ1) is 35.1. The van der Waals surface area contributed by atoms with Crippen LogP contribution in [-0.2, 0) is 47.8 Å². The Bertz CT molecular complexity index is 1470. The largest absolute Gasteiger partial charge is 0.462 e. The Morgan fingerprint density at radius 2 is 1.51 bits per heavy atom. The van der Waals surface area contributed by atoms with Crippen molar-refractivity contribution in [1.29, 1.82) is 0 Å². The van der Waals surface area contributed by atoms with Crippen LogP contribution in [0.1, 0.15) is 46.8 Å². The van der Waals surface area contributed by atoms with Crippen molar-refractivity contribution in [1.82, 2.24) is 0 Å². The van der Waals surface area contributed by atoms with E-state index >= 15 is 0 Å². The number of rotatable bonds is 16. The fraction of sp³-hybridized carbons (Fsp3) is 0.394. The highest BCUT2D eigenvalue weighted by molar-refractivity contribution is 5.91. The lowest BCUT2D eigenvalue weighted by atomic mass is 10.1. The average Bonchev–Trinajstić information content (AvgIpc) is 3.67. The monoisotopic (exact) mass is 652 g/mol. The molecule has 0 N–H and O–H groups in total. The highest BCUT2D eigenvalue weighted by Gasteiger charge is 2.50. The van der Waals surface area contributed by atoms with Gasteiger partial charge in [-0.3, -0.25) is 9.59 Å². The van der Waals surface area contributed by atoms with Crippen LogP contribution in [0.2, 0.25) is 0 Å². The van der Waals surface area contributed by atoms with Gasteiger partial charge in [0.05, 0.1) is 50.7 Å². The summed E-state index contributed by atoms with van der Waals surface area (Å²) < 4.78 is 32.0. The van der Waals surface area contributed by atoms with Gasteiger partial charge in [0.15, 0.2) is 6.10 Å². The maximum Gasteiger partial charge on any atom is 0.338 e. The number of hydrogen-bond donors (Lipinski definition) is 0. The molecule has 2 aromatic carbocycles. The lowest BCUT2D eigenvalue weighted by Crippen LogP contribution is -2.35. The van der Waals surface area contributed by atoms with Crippen molar-refractivity contribution in [2.75, 3.05) is 33.0 Å². The van der Waals surface area contributed by atoms with E-state index in [2.05, 4.69) is 16.8 Å². The normalized spacial score (nSPS) is 20.2. The predicted molar refractivity (Wildman–Crippen MR) is 165 cm³/mol. The molecular formula is C33H36N2O12. The van der Waals surface area contributed by atoms with Gasteiger partial charge < -0.3 is 28.4 Å². The van der Waals surface area contributed by atoms with Crippen LogP contribution >= 0.6 is 0 Å². The summed E-state index contributed by atoms with van der Waals surface area (Å²) in [5.74, 6) is -1.98. The van der Waals surface area contributed by atoms with Crippen LogP contribution in [0.3, 0.4) is 0 Å². The summed E-state index contributed by atoms with van der Waals surface area (Å²) in [6, 6.07) is 11.8. The minimum atomic E-state index is -0.619. The van der Waals surface area contributed by atoms with Crippen molar-refractivity contribution in [3.63, 3.8) is 0 Å². The van der Waals surface area contributed by atoms with E-state index in [-0.39, 0.29) is 44.9 Å². The molecule has 0 saturated carbocycles. The molecule has 0 aliphatic carbocycles. The topological polar surface area (TPSA) is 167 Å². The van der Waals surface area contributed by atoms with E-state index in [1.807, 2.05) is 6.92 Å². The summed E-state index contributed by atoms with van der Waals surface area (Å²) in [5, 5.41) is 8.11. The van der Waals surface area contributed by atoms with E-state index in [1.165, 1.54) is 12.4 Å². The Hall–Kier alpha value is -4.76. The molecule has 47 heavy (non-hydrogen) atoms. The summed E-state index contributed by atoms with van der Waals surface area (Å²) in [7, 11) is 0. The number of ether oxygens (including phenoxy) is 6. The van der Waals surface area contributed by atoms with Crippen LogP contribution in [0.5, 0.6) is 5.75 Å². The lowest BCUT2D eigenvalue weighted by Gasteiger charge is -2.17. The quantitative estimate of drug-likeness (QED) is 0.0381. The Labute approximate surface area is 271 Å². The molecule has 2 aliphatic heterocycles. The van der Waals surface area contributed by atoms with Crippen molar-refractivity contribution in [2.24, 2.45) is 10.2 Å². The van der Waals surface area contributed by atoms with E-state index in [1.54, 1.807) is 49.4 Å². The zero-order chi connectivity index (χ0) is 33.6. The van der Waals surface area contributed by atoms with Gasteiger partial charge in [0.1, 0.15) is 37.3 Å². The minimum absolute atomic E-state index is 0.102. The van der Waals surface area contributed by atoms with E-state index in [4.69, 9.17) is 38.2 Å². The molecule has 0 bridgehead atoms. The summed E-state index contributed by atoms with van der Waals surface area (Å²) in [4.78, 5) is 57.9. The van der Waals surface area contributed by atoms with Crippen molar-refractivity contribution in [3.05, 3.63) is 77.4 Å². The first-order chi connectivity index (χ1) is 22.8. The van der Waals surface area contributed by atoms with Gasteiger partial charge in [-0.15, -0.1) is 0 Å². The highest BCUT2D eigenvalue weighted by atomic mass is 17.2. The van der Waals surface area contributed by atoms with E-state index < -0.39 is 36.1 Å². The molecule has 0 spiro atoms. The second-order valence-corrected chi connectivity index (χ2v) is 10.3. The second-order valence-electron chi connectivity index (χ2n) is 10.3. The summed E-state index contributed by atoms with van der Waals surface area (Å²) in [5.41, 5.74) is 2.49. The number of fused-ring (bicyclic) bond motifs is 1. The SMILES string of the molecule is C=CC(=O)OCCOC(=O)CCC(=O)Oc1ccc(C=NN=Cc2ccc(C(=O)OC3CO[C@H]4[C@@H]3OC[C@H]4OOCC)cc2)cc1C. The third-order valence-corrected chi connectivity index (χ3v) is 6.87. The van der Waals surface area contributed by atoms with Gasteiger partial charge in [-0.25, -0.2) is 19.4 Å². The molecule has 1 unspecified atom stereocenters. The molecule has 14 heteroatoms. The molecule has 2 fully saturated rings. The number of carbonyl (C=O) groups excluding carboxylic acids is 4. The molecule has 0 aromatic heterocycles. The van der Waals surface area contributed by atoms with Crippen LogP contribution in [0.15, 0.2) is 65.3 Å². The average molecular weight is 653 g/mol. The number of aryl methyl sites for hydroxylation is 1. The molecular weight excluding hydrogens is 616 g/mol. The Kier molecular flexibility index (Phi) is 13.3. The summed E-state index contributed by atoms with van der Waals surface area (Å²) in [6.45, 7) is 7.52. The van der Waals surface area contributed by atoms with Crippen LogP contribution in [0.25, 0.3) is 0 Å². The molecule has 2 saturated heterocycles. The zero-order valence-electron chi connectivity index (χ0n) is 26.0. The van der Waals surface area contributed by atoms with E-state index in [9.17, 15) is 19.2 Å². The van der Waals surface area contributed by atoms with Crippen LogP contribution in [0.4, 0.5) is 0 Å². The van der Waals surface area contributed by atoms with Crippen molar-refractivity contribution in [3.8, 4) is 5.75 Å². The van der Waals surface area contributed by atoms with Crippen molar-refractivity contribution >= 4 is 36.3 Å². The number of nitrogens with zero attached hydrogens (tertiary/aromatic N) is 2. The molecule has 4 rings (SSSR count). The number of esters is 4. The van der Waals surface area contributed by atoms with Crippen molar-refractivity contribution in [2.45, 2.75) is 51.1 Å². The van der Waals surface area contributed by atoms with Crippen molar-refractivity contribution < 1.29 is 57.4 Å². The third kappa shape index (κ3) is 10.6. The number of hydrogen-bond acceptors (Lipinski definition) is 14. The fourth-order valence-corrected chi connectivity index (χ4v) is 4.55. The number of benzene rings is 2. The molecule has 2 aliphatic rings. The van der Waals surface area contributed by atoms with Crippen LogP contribution in [0, 0.1) is 6.92 Å². The third-order valence-electron chi connectivity index (χ3n) is 6.87.